The Kier molecular flexibility index (Phi) is 4.07. The minimum absolute atomic E-state index is 0.0174. The minimum atomic E-state index is -5.54. The van der Waals surface area contributed by atoms with Gasteiger partial charge in [0.1, 0.15) is 12.6 Å². The third-order valence-electron chi connectivity index (χ3n) is 1.56. The molecule has 10 heteroatoms. The Morgan fingerprint density at radius 2 is 2.25 bits per heavy atom. The summed E-state index contributed by atoms with van der Waals surface area (Å²) in [5, 5.41) is 0.304. The van der Waals surface area contributed by atoms with Gasteiger partial charge in [0.05, 0.1) is 6.61 Å². The van der Waals surface area contributed by atoms with Gasteiger partial charge in [-0.25, -0.2) is 4.99 Å². The van der Waals surface area contributed by atoms with Crippen LogP contribution in [0, 0.1) is 0 Å². The lowest BCUT2D eigenvalue weighted by Crippen LogP contribution is -2.29. The van der Waals surface area contributed by atoms with Crippen LogP contribution in [0.1, 0.15) is 0 Å². The molecule has 0 amide bonds. The number of ether oxygens (including phenoxy) is 1. The van der Waals surface area contributed by atoms with Gasteiger partial charge in [0.15, 0.2) is 0 Å². The zero-order valence-corrected chi connectivity index (χ0v) is 9.66. The fraction of sp³-hybridized carbons (Fsp3) is 0.833. The van der Waals surface area contributed by atoms with E-state index in [-0.39, 0.29) is 6.61 Å². The smallest absolute Gasteiger partial charge is 0.471 e. The molecule has 0 bridgehead atoms. The largest absolute Gasteiger partial charge is 0.523 e. The average Bonchev–Trinajstić information content (AvgIpc) is 2.60. The summed E-state index contributed by atoms with van der Waals surface area (Å²) in [4.78, 5) is 3.79. The van der Waals surface area contributed by atoms with E-state index in [1.807, 2.05) is 0 Å². The van der Waals surface area contributed by atoms with Gasteiger partial charge in [-0.3, -0.25) is 4.18 Å². The molecule has 0 saturated heterocycles. The molecule has 1 atom stereocenters. The quantitative estimate of drug-likeness (QED) is 0.569. The van der Waals surface area contributed by atoms with Crippen molar-refractivity contribution in [3.63, 3.8) is 0 Å². The predicted molar refractivity (Wildman–Crippen MR) is 51.6 cm³/mol. The highest BCUT2D eigenvalue weighted by Gasteiger charge is 2.47. The molecule has 1 aliphatic rings. The second kappa shape index (κ2) is 4.80. The van der Waals surface area contributed by atoms with Crippen LogP contribution < -0.4 is 0 Å². The molecule has 5 nitrogen and oxygen atoms in total. The highest BCUT2D eigenvalue weighted by atomic mass is 32.2. The molecular weight excluding hydrogens is 271 g/mol. The third kappa shape index (κ3) is 3.25. The molecule has 0 N–H and O–H groups in total. The maximum atomic E-state index is 11.9. The number of hydrogen-bond acceptors (Lipinski definition) is 6. The van der Waals surface area contributed by atoms with Crippen molar-refractivity contribution < 1.29 is 30.5 Å². The molecular formula is C6H8F3NO4S2. The first-order valence-corrected chi connectivity index (χ1v) is 6.60. The van der Waals surface area contributed by atoms with Gasteiger partial charge >= 0.3 is 15.6 Å². The second-order valence-corrected chi connectivity index (χ2v) is 5.11. The Morgan fingerprint density at radius 1 is 1.62 bits per heavy atom. The van der Waals surface area contributed by atoms with Crippen LogP contribution in [0.25, 0.3) is 0 Å². The van der Waals surface area contributed by atoms with Crippen molar-refractivity contribution in [3.05, 3.63) is 0 Å². The van der Waals surface area contributed by atoms with Gasteiger partial charge in [0.2, 0.25) is 5.23 Å². The van der Waals surface area contributed by atoms with Crippen molar-refractivity contribution >= 4 is 27.1 Å². The zero-order chi connectivity index (χ0) is 12.4. The summed E-state index contributed by atoms with van der Waals surface area (Å²) >= 11 is 1.18. The van der Waals surface area contributed by atoms with Gasteiger partial charge in [-0.1, -0.05) is 11.8 Å². The molecule has 1 heterocycles. The maximum Gasteiger partial charge on any atom is 0.523 e. The summed E-state index contributed by atoms with van der Waals surface area (Å²) in [7, 11) is -5.54. The molecule has 0 aromatic carbocycles. The molecule has 94 valence electrons. The first-order chi connectivity index (χ1) is 7.26. The standard InChI is InChI=1S/C6H8F3NO4S2/c1-15-5-10-4(2-13-5)3-14-16(11,12)6(7,8)9/h4H,2-3H2,1H3. The van der Waals surface area contributed by atoms with Gasteiger partial charge in [0.25, 0.3) is 0 Å². The lowest BCUT2D eigenvalue weighted by Gasteiger charge is -2.09. The SMILES string of the molecule is CSC1=NC(COS(=O)(=O)C(F)(F)F)CO1. The van der Waals surface area contributed by atoms with Crippen LogP contribution in [-0.4, -0.2) is 44.7 Å². The van der Waals surface area contributed by atoms with Gasteiger partial charge < -0.3 is 4.74 Å². The van der Waals surface area contributed by atoms with E-state index in [0.29, 0.717) is 5.23 Å². The minimum Gasteiger partial charge on any atom is -0.471 e. The van der Waals surface area contributed by atoms with E-state index >= 15 is 0 Å². The van der Waals surface area contributed by atoms with Crippen LogP contribution in [-0.2, 0) is 19.0 Å². The van der Waals surface area contributed by atoms with Gasteiger partial charge in [-0.05, 0) is 6.26 Å². The Hall–Kier alpha value is -0.480. The molecule has 0 aliphatic carbocycles. The van der Waals surface area contributed by atoms with Crippen molar-refractivity contribution in [2.24, 2.45) is 4.99 Å². The zero-order valence-electron chi connectivity index (χ0n) is 8.02. The van der Waals surface area contributed by atoms with E-state index < -0.39 is 28.3 Å². The number of rotatable bonds is 3. The van der Waals surface area contributed by atoms with Crippen molar-refractivity contribution in [3.8, 4) is 0 Å². The normalized spacial score (nSPS) is 21.8. The third-order valence-corrected chi connectivity index (χ3v) is 3.15. The number of hydrogen-bond donors (Lipinski definition) is 0. The Bertz CT molecular complexity index is 378. The van der Waals surface area contributed by atoms with Crippen molar-refractivity contribution in [2.75, 3.05) is 19.5 Å². The first kappa shape index (κ1) is 13.6. The average molecular weight is 279 g/mol. The van der Waals surface area contributed by atoms with E-state index in [0.717, 1.165) is 0 Å². The summed E-state index contributed by atoms with van der Waals surface area (Å²) < 4.78 is 65.4. The van der Waals surface area contributed by atoms with E-state index in [1.54, 1.807) is 6.26 Å². The highest BCUT2D eigenvalue weighted by Crippen LogP contribution is 2.25. The monoisotopic (exact) mass is 279 g/mol. The lowest BCUT2D eigenvalue weighted by molar-refractivity contribution is -0.0545. The molecule has 0 aromatic heterocycles. The first-order valence-electron chi connectivity index (χ1n) is 3.96. The topological polar surface area (TPSA) is 65.0 Å². The van der Waals surface area contributed by atoms with Crippen LogP contribution in [0.5, 0.6) is 0 Å². The van der Waals surface area contributed by atoms with E-state index in [2.05, 4.69) is 9.18 Å². The molecule has 0 fully saturated rings. The Labute approximate surface area is 94.1 Å². The van der Waals surface area contributed by atoms with Crippen LogP contribution >= 0.6 is 11.8 Å². The lowest BCUT2D eigenvalue weighted by atomic mass is 10.4. The van der Waals surface area contributed by atoms with Crippen molar-refractivity contribution in [1.82, 2.24) is 0 Å². The van der Waals surface area contributed by atoms with E-state index in [1.165, 1.54) is 11.8 Å². The van der Waals surface area contributed by atoms with Crippen molar-refractivity contribution in [1.29, 1.82) is 0 Å². The Balaban J connectivity index is 2.51. The van der Waals surface area contributed by atoms with Crippen LogP contribution in [0.2, 0.25) is 0 Å². The van der Waals surface area contributed by atoms with Gasteiger partial charge in [0, 0.05) is 0 Å². The summed E-state index contributed by atoms with van der Waals surface area (Å²) in [5.41, 5.74) is -5.40. The number of thioether (sulfide) groups is 1. The number of alkyl halides is 3. The van der Waals surface area contributed by atoms with Gasteiger partial charge in [-0.15, -0.1) is 0 Å². The second-order valence-electron chi connectivity index (χ2n) is 2.75. The molecule has 16 heavy (non-hydrogen) atoms. The van der Waals surface area contributed by atoms with E-state index in [4.69, 9.17) is 4.74 Å². The van der Waals surface area contributed by atoms with Gasteiger partial charge in [-0.2, -0.15) is 21.6 Å². The predicted octanol–water partition coefficient (Wildman–Crippen LogP) is 0.970. The molecule has 0 saturated carbocycles. The van der Waals surface area contributed by atoms with Crippen molar-refractivity contribution in [2.45, 2.75) is 11.6 Å². The number of aliphatic imine (C=N–C) groups is 1. The van der Waals surface area contributed by atoms with Crippen LogP contribution in [0.3, 0.4) is 0 Å². The summed E-state index contributed by atoms with van der Waals surface area (Å²) in [6, 6.07) is -0.723. The molecule has 0 radical (unpaired) electrons. The van der Waals surface area contributed by atoms with Crippen LogP contribution in [0.15, 0.2) is 4.99 Å². The molecule has 1 aliphatic heterocycles. The molecule has 0 spiro atoms. The Morgan fingerprint density at radius 3 is 2.69 bits per heavy atom. The van der Waals surface area contributed by atoms with E-state index in [9.17, 15) is 21.6 Å². The van der Waals surface area contributed by atoms with Crippen LogP contribution in [0.4, 0.5) is 13.2 Å². The summed E-state index contributed by atoms with van der Waals surface area (Å²) in [6.07, 6.45) is 1.68. The molecule has 1 rings (SSSR count). The molecule has 1 unspecified atom stereocenters. The number of halogens is 3. The fourth-order valence-corrected chi connectivity index (χ4v) is 1.73. The summed E-state index contributed by atoms with van der Waals surface area (Å²) in [6.45, 7) is -0.657. The fourth-order valence-electron chi connectivity index (χ4n) is 0.823. The maximum absolute atomic E-state index is 11.9. The summed E-state index contributed by atoms with van der Waals surface area (Å²) in [5.74, 6) is 0. The highest BCUT2D eigenvalue weighted by molar-refractivity contribution is 8.12. The molecule has 0 aromatic rings. The number of nitrogens with zero attached hydrogens (tertiary/aromatic N) is 1.